The number of aryl methyl sites for hydroxylation is 1. The van der Waals surface area contributed by atoms with E-state index in [1.165, 1.54) is 22.4 Å². The lowest BCUT2D eigenvalue weighted by molar-refractivity contribution is -0.142. The van der Waals surface area contributed by atoms with E-state index in [4.69, 9.17) is 14.9 Å². The molecule has 0 spiro atoms. The lowest BCUT2D eigenvalue weighted by Crippen LogP contribution is -2.23. The zero-order valence-corrected chi connectivity index (χ0v) is 19.0. The second kappa shape index (κ2) is 10.1. The zero-order valence-electron chi connectivity index (χ0n) is 19.0. The minimum Gasteiger partial charge on any atom is -0.480 e. The van der Waals surface area contributed by atoms with Gasteiger partial charge in [0, 0.05) is 23.4 Å². The smallest absolute Gasteiger partial charge is 0.329 e. The molecule has 0 amide bonds. The minimum atomic E-state index is -0.897. The summed E-state index contributed by atoms with van der Waals surface area (Å²) in [4.78, 5) is 10.6. The maximum atomic E-state index is 10.6. The molecule has 1 aliphatic rings. The molecule has 0 saturated heterocycles. The van der Waals surface area contributed by atoms with Crippen molar-refractivity contribution in [3.05, 3.63) is 65.9 Å². The first-order valence-electron chi connectivity index (χ1n) is 11.5. The molecule has 0 bridgehead atoms. The van der Waals surface area contributed by atoms with Gasteiger partial charge >= 0.3 is 5.97 Å². The Labute approximate surface area is 190 Å². The summed E-state index contributed by atoms with van der Waals surface area (Å²) in [5, 5.41) is 13.9. The van der Waals surface area contributed by atoms with Gasteiger partial charge in [0.1, 0.15) is 12.3 Å². The van der Waals surface area contributed by atoms with E-state index >= 15 is 0 Å². The van der Waals surface area contributed by atoms with Crippen LogP contribution in [0.25, 0.3) is 22.4 Å². The minimum absolute atomic E-state index is 0.198. The first-order chi connectivity index (χ1) is 15.5. The molecule has 1 N–H and O–H groups in total. The van der Waals surface area contributed by atoms with E-state index in [0.29, 0.717) is 18.4 Å². The van der Waals surface area contributed by atoms with E-state index in [9.17, 15) is 4.79 Å². The molecule has 1 aromatic heterocycles. The third-order valence-corrected chi connectivity index (χ3v) is 6.54. The molecule has 1 saturated carbocycles. The maximum absolute atomic E-state index is 10.6. The van der Waals surface area contributed by atoms with E-state index in [1.807, 2.05) is 6.07 Å². The Kier molecular flexibility index (Phi) is 7.05. The molecule has 4 rings (SSSR count). The lowest BCUT2D eigenvalue weighted by atomic mass is 9.82. The van der Waals surface area contributed by atoms with Crippen molar-refractivity contribution in [1.29, 1.82) is 0 Å². The number of ether oxygens (including phenoxy) is 1. The zero-order chi connectivity index (χ0) is 22.5. The molecule has 0 radical (unpaired) electrons. The van der Waals surface area contributed by atoms with Crippen LogP contribution >= 0.6 is 0 Å². The van der Waals surface area contributed by atoms with Crippen molar-refractivity contribution in [2.75, 3.05) is 13.2 Å². The van der Waals surface area contributed by atoms with Gasteiger partial charge in [0.25, 0.3) is 0 Å². The largest absolute Gasteiger partial charge is 0.480 e. The van der Waals surface area contributed by atoms with Crippen LogP contribution in [0.2, 0.25) is 0 Å². The Bertz CT molecular complexity index is 1050. The molecule has 168 valence electrons. The number of benzene rings is 2. The molecule has 32 heavy (non-hydrogen) atoms. The van der Waals surface area contributed by atoms with E-state index < -0.39 is 5.97 Å². The summed E-state index contributed by atoms with van der Waals surface area (Å²) in [6.45, 7) is 5.57. The molecular weight excluding hydrogens is 400 g/mol. The second-order valence-corrected chi connectivity index (χ2v) is 9.02. The number of rotatable bonds is 8. The van der Waals surface area contributed by atoms with Gasteiger partial charge in [-0.25, -0.2) is 4.79 Å². The van der Waals surface area contributed by atoms with Crippen LogP contribution in [0, 0.1) is 25.7 Å². The Morgan fingerprint density at radius 1 is 1.00 bits per heavy atom. The highest BCUT2D eigenvalue weighted by Gasteiger charge is 2.24. The van der Waals surface area contributed by atoms with Gasteiger partial charge in [-0.15, -0.1) is 0 Å². The van der Waals surface area contributed by atoms with Gasteiger partial charge in [0.15, 0.2) is 0 Å². The molecule has 0 unspecified atom stereocenters. The molecule has 1 heterocycles. The van der Waals surface area contributed by atoms with Crippen LogP contribution in [0.5, 0.6) is 0 Å². The van der Waals surface area contributed by atoms with E-state index in [0.717, 1.165) is 43.5 Å². The predicted octanol–water partition coefficient (Wildman–Crippen LogP) is 5.74. The molecule has 1 fully saturated rings. The van der Waals surface area contributed by atoms with Crippen molar-refractivity contribution in [3.63, 3.8) is 0 Å². The van der Waals surface area contributed by atoms with Crippen LogP contribution in [0.4, 0.5) is 0 Å². The summed E-state index contributed by atoms with van der Waals surface area (Å²) in [7, 11) is 0. The van der Waals surface area contributed by atoms with Crippen molar-refractivity contribution in [2.45, 2.75) is 46.1 Å². The first-order valence-corrected chi connectivity index (χ1v) is 11.5. The van der Waals surface area contributed by atoms with Crippen LogP contribution in [0.1, 0.15) is 36.9 Å². The van der Waals surface area contributed by atoms with Crippen molar-refractivity contribution < 1.29 is 14.6 Å². The number of aromatic nitrogens is 2. The lowest BCUT2D eigenvalue weighted by Gasteiger charge is -2.28. The predicted molar refractivity (Wildman–Crippen MR) is 126 cm³/mol. The van der Waals surface area contributed by atoms with Crippen LogP contribution < -0.4 is 0 Å². The molecule has 1 aliphatic carbocycles. The normalized spacial score (nSPS) is 18.6. The highest BCUT2D eigenvalue weighted by atomic mass is 16.5. The first kappa shape index (κ1) is 22.3. The summed E-state index contributed by atoms with van der Waals surface area (Å²) < 4.78 is 7.52. The molecule has 0 atom stereocenters. The average Bonchev–Trinajstić information content (AvgIpc) is 3.11. The number of carboxylic acid groups (broad SMARTS) is 1. The van der Waals surface area contributed by atoms with Gasteiger partial charge in [-0.1, -0.05) is 54.1 Å². The van der Waals surface area contributed by atoms with Crippen LogP contribution in [-0.2, 0) is 16.1 Å². The number of hydrogen-bond acceptors (Lipinski definition) is 3. The van der Waals surface area contributed by atoms with Crippen LogP contribution in [0.15, 0.2) is 54.6 Å². The standard InChI is InChI=1S/C27H32N2O3/c1-19-7-6-10-24(15-19)27-26(23-8-4-3-5-9-23)20(2)29(28-27)16-21-11-13-22(14-12-21)17-32-18-25(30)31/h3-10,15,21-22H,11-14,16-18H2,1-2H3,(H,30,31)/t21-,22+. The SMILES string of the molecule is Cc1cccc(-c2nn(C[C@H]3CC[C@@H](COCC(=O)O)CC3)c(C)c2-c2ccccc2)c1. The third-order valence-electron chi connectivity index (χ3n) is 6.54. The molecule has 5 nitrogen and oxygen atoms in total. The van der Waals surface area contributed by atoms with Gasteiger partial charge in [-0.3, -0.25) is 4.68 Å². The summed E-state index contributed by atoms with van der Waals surface area (Å²) in [5.74, 6) is 0.150. The highest BCUT2D eigenvalue weighted by Crippen LogP contribution is 2.36. The van der Waals surface area contributed by atoms with E-state index in [-0.39, 0.29) is 6.61 Å². The number of carbonyl (C=O) groups is 1. The van der Waals surface area contributed by atoms with Crippen molar-refractivity contribution in [1.82, 2.24) is 9.78 Å². The summed E-state index contributed by atoms with van der Waals surface area (Å²) in [6, 6.07) is 19.1. The van der Waals surface area contributed by atoms with Crippen molar-refractivity contribution in [3.8, 4) is 22.4 Å². The Balaban J connectivity index is 1.52. The molecule has 5 heteroatoms. The highest BCUT2D eigenvalue weighted by molar-refractivity contribution is 5.82. The quantitative estimate of drug-likeness (QED) is 0.493. The van der Waals surface area contributed by atoms with Crippen LogP contribution in [0.3, 0.4) is 0 Å². The van der Waals surface area contributed by atoms with Crippen LogP contribution in [-0.4, -0.2) is 34.1 Å². The number of nitrogens with zero attached hydrogens (tertiary/aromatic N) is 2. The second-order valence-electron chi connectivity index (χ2n) is 9.02. The molecule has 2 aromatic carbocycles. The van der Waals surface area contributed by atoms with Gasteiger partial charge in [-0.05, 0) is 63.0 Å². The molecule has 0 aliphatic heterocycles. The fourth-order valence-corrected chi connectivity index (χ4v) is 4.81. The maximum Gasteiger partial charge on any atom is 0.329 e. The Morgan fingerprint density at radius 3 is 2.38 bits per heavy atom. The summed E-state index contributed by atoms with van der Waals surface area (Å²) in [5.41, 5.74) is 7.06. The topological polar surface area (TPSA) is 64.4 Å². The van der Waals surface area contributed by atoms with Crippen molar-refractivity contribution >= 4 is 5.97 Å². The Hall–Kier alpha value is -2.92. The van der Waals surface area contributed by atoms with Gasteiger partial charge < -0.3 is 9.84 Å². The van der Waals surface area contributed by atoms with E-state index in [1.54, 1.807) is 0 Å². The Morgan fingerprint density at radius 2 is 1.69 bits per heavy atom. The number of hydrogen-bond donors (Lipinski definition) is 1. The van der Waals surface area contributed by atoms with Gasteiger partial charge in [0.05, 0.1) is 6.61 Å². The van der Waals surface area contributed by atoms with Crippen molar-refractivity contribution in [2.24, 2.45) is 11.8 Å². The monoisotopic (exact) mass is 432 g/mol. The molecular formula is C27H32N2O3. The summed E-state index contributed by atoms with van der Waals surface area (Å²) >= 11 is 0. The van der Waals surface area contributed by atoms with E-state index in [2.05, 4.69) is 67.1 Å². The summed E-state index contributed by atoms with van der Waals surface area (Å²) in [6.07, 6.45) is 4.42. The number of carboxylic acids is 1. The number of aliphatic carboxylic acids is 1. The fraction of sp³-hybridized carbons (Fsp3) is 0.407. The third kappa shape index (κ3) is 5.28. The average molecular weight is 433 g/mol. The fourth-order valence-electron chi connectivity index (χ4n) is 4.81. The molecule has 3 aromatic rings. The van der Waals surface area contributed by atoms with Gasteiger partial charge in [-0.2, -0.15) is 5.10 Å². The van der Waals surface area contributed by atoms with Gasteiger partial charge in [0.2, 0.25) is 0 Å².